The van der Waals surface area contributed by atoms with Gasteiger partial charge in [-0.15, -0.1) is 0 Å². The molecule has 0 atom stereocenters. The normalized spacial score (nSPS) is 12.3. The summed E-state index contributed by atoms with van der Waals surface area (Å²) >= 11 is 0. The quantitative estimate of drug-likeness (QED) is 0.274. The van der Waals surface area contributed by atoms with Crippen LogP contribution in [0.25, 0.3) is 0 Å². The summed E-state index contributed by atoms with van der Waals surface area (Å²) in [6, 6.07) is 1.45. The lowest BCUT2D eigenvalue weighted by Crippen LogP contribution is -2.39. The molecular weight excluding hydrogens is 288 g/mol. The van der Waals surface area contributed by atoms with Crippen LogP contribution in [0.3, 0.4) is 0 Å². The van der Waals surface area contributed by atoms with Crippen LogP contribution >= 0.6 is 0 Å². The van der Waals surface area contributed by atoms with Crippen LogP contribution < -0.4 is 0 Å². The fourth-order valence-corrected chi connectivity index (χ4v) is 2.99. The first kappa shape index (κ1) is 21.8. The van der Waals surface area contributed by atoms with Crippen LogP contribution in [0.4, 0.5) is 0 Å². The molecule has 0 amide bonds. The van der Waals surface area contributed by atoms with Gasteiger partial charge >= 0.3 is 5.90 Å². The van der Waals surface area contributed by atoms with Gasteiger partial charge < -0.3 is 14.4 Å². The summed E-state index contributed by atoms with van der Waals surface area (Å²) in [5.41, 5.74) is 0. The number of hydrogen-bond acceptors (Lipinski definition) is 3. The lowest BCUT2D eigenvalue weighted by molar-refractivity contribution is -0.594. The maximum atomic E-state index is 5.97. The van der Waals surface area contributed by atoms with Crippen LogP contribution in [0.2, 0.25) is 0 Å². The van der Waals surface area contributed by atoms with E-state index >= 15 is 0 Å². The minimum absolute atomic E-state index is 0.363. The van der Waals surface area contributed by atoms with E-state index in [1.165, 1.54) is 0 Å². The summed E-state index contributed by atoms with van der Waals surface area (Å²) in [4.78, 5) is 2.29. The Hall–Kier alpha value is -1.19. The predicted octanol–water partition coefficient (Wildman–Crippen LogP) is 4.25. The summed E-state index contributed by atoms with van der Waals surface area (Å²) < 4.78 is 14.2. The van der Waals surface area contributed by atoms with Gasteiger partial charge in [-0.1, -0.05) is 0 Å². The van der Waals surface area contributed by atoms with E-state index < -0.39 is 0 Å². The Balaban J connectivity index is 6.09. The summed E-state index contributed by atoms with van der Waals surface area (Å²) in [7, 11) is 0. The van der Waals surface area contributed by atoms with Crippen molar-refractivity contribution in [1.82, 2.24) is 4.90 Å². The van der Waals surface area contributed by atoms with E-state index in [-0.39, 0.29) is 0 Å². The van der Waals surface area contributed by atoms with Crippen LogP contribution in [0.5, 0.6) is 0 Å². The maximum absolute atomic E-state index is 5.97. The summed E-state index contributed by atoms with van der Waals surface area (Å²) in [5, 5.41) is 0. The molecule has 4 nitrogen and oxygen atoms in total. The van der Waals surface area contributed by atoms with E-state index in [4.69, 9.17) is 9.47 Å². The van der Waals surface area contributed by atoms with Crippen molar-refractivity contribution in [1.29, 1.82) is 0 Å². The highest BCUT2D eigenvalue weighted by Crippen LogP contribution is 2.16. The molecule has 136 valence electrons. The molecule has 0 saturated carbocycles. The van der Waals surface area contributed by atoms with Crippen LogP contribution in [0, 0.1) is 0 Å². The van der Waals surface area contributed by atoms with Gasteiger partial charge in [0.2, 0.25) is 0 Å². The molecule has 0 bridgehead atoms. The zero-order valence-electron chi connectivity index (χ0n) is 17.0. The van der Waals surface area contributed by atoms with Crippen molar-refractivity contribution in [3.63, 3.8) is 0 Å². The molecule has 4 heteroatoms. The smallest absolute Gasteiger partial charge is 0.368 e. The Morgan fingerprint density at radius 3 is 1.57 bits per heavy atom. The van der Waals surface area contributed by atoms with Gasteiger partial charge in [-0.25, -0.2) is 0 Å². The first-order valence-electron chi connectivity index (χ1n) is 9.08. The molecule has 23 heavy (non-hydrogen) atoms. The second-order valence-electron chi connectivity index (χ2n) is 6.88. The van der Waals surface area contributed by atoms with E-state index in [0.717, 1.165) is 11.8 Å². The van der Waals surface area contributed by atoms with E-state index in [2.05, 4.69) is 70.9 Å². The van der Waals surface area contributed by atoms with Gasteiger partial charge in [-0.2, -0.15) is 4.58 Å². The van der Waals surface area contributed by atoms with E-state index in [9.17, 15) is 0 Å². The Kier molecular flexibility index (Phi) is 10.0. The fourth-order valence-electron chi connectivity index (χ4n) is 2.99. The van der Waals surface area contributed by atoms with Gasteiger partial charge in [0.1, 0.15) is 6.08 Å². The summed E-state index contributed by atoms with van der Waals surface area (Å²) in [5.74, 6) is 1.76. The van der Waals surface area contributed by atoms with Crippen molar-refractivity contribution in [2.45, 2.75) is 93.4 Å². The lowest BCUT2D eigenvalue weighted by atomic mass is 10.2. The molecule has 0 aliphatic carbocycles. The molecule has 0 fully saturated rings. The molecule has 0 aromatic heterocycles. The van der Waals surface area contributed by atoms with Crippen molar-refractivity contribution < 1.29 is 14.0 Å². The highest BCUT2D eigenvalue weighted by molar-refractivity contribution is 5.83. The van der Waals surface area contributed by atoms with Gasteiger partial charge in [0, 0.05) is 12.1 Å². The minimum atomic E-state index is 0.363. The zero-order chi connectivity index (χ0) is 18.2. The van der Waals surface area contributed by atoms with Gasteiger partial charge in [0.25, 0.3) is 0 Å². The highest BCUT2D eigenvalue weighted by Gasteiger charge is 2.25. The molecule has 0 aromatic carbocycles. The Morgan fingerprint density at radius 2 is 1.26 bits per heavy atom. The van der Waals surface area contributed by atoms with Crippen molar-refractivity contribution in [2.24, 2.45) is 0 Å². The second kappa shape index (κ2) is 10.6. The number of nitrogens with zero attached hydrogens (tertiary/aromatic N) is 2. The van der Waals surface area contributed by atoms with Crippen molar-refractivity contribution in [3.8, 4) is 0 Å². The van der Waals surface area contributed by atoms with Crippen LogP contribution in [0.1, 0.15) is 69.2 Å². The predicted molar refractivity (Wildman–Crippen MR) is 99.0 cm³/mol. The van der Waals surface area contributed by atoms with Crippen molar-refractivity contribution in [2.75, 3.05) is 13.2 Å². The monoisotopic (exact) mass is 327 g/mol. The standard InChI is InChI=1S/C19H39N2O2/c1-11-22-18(20(14(3)4)15(5)6)13-19(23-12-2)21(16(7)8)17(9)10/h13-17H,11-12H2,1-10H3/q+1. The molecule has 0 aromatic rings. The second-order valence-corrected chi connectivity index (χ2v) is 6.88. The number of hydrogen-bond donors (Lipinski definition) is 0. The average Bonchev–Trinajstić information content (AvgIpc) is 2.37. The zero-order valence-corrected chi connectivity index (χ0v) is 17.0. The minimum Gasteiger partial charge on any atom is -0.479 e. The third-order valence-electron chi connectivity index (χ3n) is 3.57. The SMILES string of the molecule is CCOC(/C=C(/OCC)N(C(C)C)C(C)C)=[N+](C(C)C)C(C)C. The first-order chi connectivity index (χ1) is 10.7. The molecule has 0 unspecified atom stereocenters. The van der Waals surface area contributed by atoms with Gasteiger partial charge in [-0.05, 0) is 69.2 Å². The van der Waals surface area contributed by atoms with E-state index in [1.54, 1.807) is 0 Å². The maximum Gasteiger partial charge on any atom is 0.368 e. The van der Waals surface area contributed by atoms with Crippen molar-refractivity contribution >= 4 is 5.90 Å². The van der Waals surface area contributed by atoms with Gasteiger partial charge in [-0.3, -0.25) is 0 Å². The van der Waals surface area contributed by atoms with E-state index in [1.807, 2.05) is 13.8 Å². The number of ether oxygens (including phenoxy) is 2. The largest absolute Gasteiger partial charge is 0.479 e. The molecule has 0 rings (SSSR count). The Labute approximate surface area is 144 Å². The molecule has 0 aliphatic heterocycles. The van der Waals surface area contributed by atoms with Gasteiger partial charge in [0.15, 0.2) is 18.0 Å². The number of rotatable bonds is 9. The van der Waals surface area contributed by atoms with Crippen LogP contribution in [-0.4, -0.2) is 52.8 Å². The molecule has 0 spiro atoms. The van der Waals surface area contributed by atoms with Crippen molar-refractivity contribution in [3.05, 3.63) is 12.0 Å². The summed E-state index contributed by atoms with van der Waals surface area (Å²) in [6.45, 7) is 22.9. The Bertz CT molecular complexity index is 378. The average molecular weight is 328 g/mol. The third kappa shape index (κ3) is 6.84. The first-order valence-corrected chi connectivity index (χ1v) is 9.08. The molecule has 0 aliphatic rings. The van der Waals surface area contributed by atoms with Crippen LogP contribution in [-0.2, 0) is 9.47 Å². The topological polar surface area (TPSA) is 24.7 Å². The van der Waals surface area contributed by atoms with Gasteiger partial charge in [0.05, 0.1) is 13.2 Å². The Morgan fingerprint density at radius 1 is 0.826 bits per heavy atom. The molecule has 0 N–H and O–H groups in total. The van der Waals surface area contributed by atoms with E-state index in [0.29, 0.717) is 37.4 Å². The van der Waals surface area contributed by atoms with Crippen LogP contribution in [0.15, 0.2) is 12.0 Å². The fraction of sp³-hybridized carbons (Fsp3) is 0.842. The lowest BCUT2D eigenvalue weighted by Gasteiger charge is -2.34. The summed E-state index contributed by atoms with van der Waals surface area (Å²) in [6.07, 6.45) is 2.06. The highest BCUT2D eigenvalue weighted by atomic mass is 16.5. The molecule has 0 heterocycles. The molecule has 0 radical (unpaired) electrons. The molecular formula is C19H39N2O2+. The molecule has 0 saturated heterocycles. The third-order valence-corrected chi connectivity index (χ3v) is 3.57.